The van der Waals surface area contributed by atoms with Crippen LogP contribution in [0.15, 0.2) is 24.8 Å². The van der Waals surface area contributed by atoms with Gasteiger partial charge in [-0.05, 0) is 0 Å². The highest BCUT2D eigenvalue weighted by Crippen LogP contribution is 2.06. The van der Waals surface area contributed by atoms with Gasteiger partial charge in [0.25, 0.3) is 0 Å². The summed E-state index contributed by atoms with van der Waals surface area (Å²) >= 11 is 0. The molecule has 0 aliphatic rings. The summed E-state index contributed by atoms with van der Waals surface area (Å²) in [7, 11) is 0. The maximum atomic E-state index is 5.23. The van der Waals surface area contributed by atoms with Crippen LogP contribution >= 0.6 is 0 Å². The summed E-state index contributed by atoms with van der Waals surface area (Å²) in [4.78, 5) is 7.94. The third-order valence-electron chi connectivity index (χ3n) is 1.93. The minimum absolute atomic E-state index is 0.568. The molecule has 0 fully saturated rings. The van der Waals surface area contributed by atoms with Crippen molar-refractivity contribution in [3.63, 3.8) is 0 Å². The van der Waals surface area contributed by atoms with E-state index in [1.54, 1.807) is 23.1 Å². The Kier molecular flexibility index (Phi) is 3.24. The van der Waals surface area contributed by atoms with E-state index in [1.807, 2.05) is 0 Å². The van der Waals surface area contributed by atoms with E-state index >= 15 is 0 Å². The summed E-state index contributed by atoms with van der Waals surface area (Å²) in [5.74, 6) is 6.51. The fourth-order valence-electron chi connectivity index (χ4n) is 1.18. The van der Waals surface area contributed by atoms with Crippen molar-refractivity contribution in [2.75, 3.05) is 17.3 Å². The lowest BCUT2D eigenvalue weighted by Crippen LogP contribution is -2.13. The highest BCUT2D eigenvalue weighted by molar-refractivity contribution is 5.45. The molecule has 0 spiro atoms. The first-order valence-electron chi connectivity index (χ1n) is 4.75. The maximum Gasteiger partial charge on any atom is 0.145 e. The van der Waals surface area contributed by atoms with Crippen LogP contribution in [0.5, 0.6) is 0 Å². The standard InChI is InChI=1S/C8H12N8/c9-14-8-5-7(11-6-12-8)10-1-3-16-4-2-13-15-16/h2,4-6H,1,3,9H2,(H2,10,11,12,14). The molecule has 84 valence electrons. The largest absolute Gasteiger partial charge is 0.368 e. The smallest absolute Gasteiger partial charge is 0.145 e. The van der Waals surface area contributed by atoms with Gasteiger partial charge in [0, 0.05) is 18.8 Å². The molecule has 2 aromatic heterocycles. The summed E-state index contributed by atoms with van der Waals surface area (Å²) in [5, 5.41) is 10.7. The average Bonchev–Trinajstić information content (AvgIpc) is 2.82. The van der Waals surface area contributed by atoms with Gasteiger partial charge in [0.15, 0.2) is 0 Å². The Balaban J connectivity index is 1.85. The third-order valence-corrected chi connectivity index (χ3v) is 1.93. The maximum absolute atomic E-state index is 5.23. The zero-order chi connectivity index (χ0) is 11.2. The molecule has 0 unspecified atom stereocenters. The van der Waals surface area contributed by atoms with Crippen LogP contribution in [0.1, 0.15) is 0 Å². The van der Waals surface area contributed by atoms with Crippen molar-refractivity contribution in [2.45, 2.75) is 6.54 Å². The van der Waals surface area contributed by atoms with Crippen LogP contribution in [0.4, 0.5) is 11.6 Å². The fourth-order valence-corrected chi connectivity index (χ4v) is 1.18. The van der Waals surface area contributed by atoms with Crippen molar-refractivity contribution in [3.05, 3.63) is 24.8 Å². The minimum atomic E-state index is 0.568. The summed E-state index contributed by atoms with van der Waals surface area (Å²) in [6.07, 6.45) is 4.88. The molecule has 0 radical (unpaired) electrons. The molecule has 0 aliphatic heterocycles. The van der Waals surface area contributed by atoms with Crippen LogP contribution in [0.25, 0.3) is 0 Å². The van der Waals surface area contributed by atoms with Crippen LogP contribution in [0.2, 0.25) is 0 Å². The number of hydrogen-bond donors (Lipinski definition) is 3. The summed E-state index contributed by atoms with van der Waals surface area (Å²) in [6.45, 7) is 1.42. The van der Waals surface area contributed by atoms with Crippen molar-refractivity contribution >= 4 is 11.6 Å². The van der Waals surface area contributed by atoms with Gasteiger partial charge < -0.3 is 10.7 Å². The zero-order valence-electron chi connectivity index (χ0n) is 8.54. The second-order valence-electron chi connectivity index (χ2n) is 3.03. The van der Waals surface area contributed by atoms with Gasteiger partial charge in [0.05, 0.1) is 12.7 Å². The Hall–Kier alpha value is -2.22. The van der Waals surface area contributed by atoms with Gasteiger partial charge in [0.1, 0.15) is 18.0 Å². The van der Waals surface area contributed by atoms with Gasteiger partial charge >= 0.3 is 0 Å². The summed E-state index contributed by atoms with van der Waals surface area (Å²) in [5.41, 5.74) is 2.45. The van der Waals surface area contributed by atoms with Gasteiger partial charge in [-0.3, -0.25) is 4.68 Å². The summed E-state index contributed by atoms with van der Waals surface area (Å²) < 4.78 is 1.73. The molecule has 8 heteroatoms. The molecule has 0 atom stereocenters. The van der Waals surface area contributed by atoms with Gasteiger partial charge in [-0.2, -0.15) is 0 Å². The zero-order valence-corrected chi connectivity index (χ0v) is 8.54. The first-order valence-corrected chi connectivity index (χ1v) is 4.75. The summed E-state index contributed by atoms with van der Waals surface area (Å²) in [6, 6.07) is 1.72. The van der Waals surface area contributed by atoms with Crippen molar-refractivity contribution in [1.29, 1.82) is 0 Å². The van der Waals surface area contributed by atoms with E-state index in [0.29, 0.717) is 18.2 Å². The van der Waals surface area contributed by atoms with Crippen LogP contribution in [0.3, 0.4) is 0 Å². The first kappa shape index (κ1) is 10.3. The van der Waals surface area contributed by atoms with Gasteiger partial charge in [-0.25, -0.2) is 15.8 Å². The molecular weight excluding hydrogens is 208 g/mol. The molecule has 0 saturated heterocycles. The number of rotatable bonds is 5. The van der Waals surface area contributed by atoms with Crippen molar-refractivity contribution in [2.24, 2.45) is 5.84 Å². The molecule has 2 heterocycles. The molecule has 2 rings (SSSR count). The van der Waals surface area contributed by atoms with Crippen LogP contribution in [0, 0.1) is 0 Å². The number of nitrogen functional groups attached to an aromatic ring is 1. The van der Waals surface area contributed by atoms with E-state index in [-0.39, 0.29) is 0 Å². The van der Waals surface area contributed by atoms with E-state index in [0.717, 1.165) is 6.54 Å². The molecule has 0 saturated carbocycles. The number of nitrogens with one attached hydrogen (secondary N) is 2. The Morgan fingerprint density at radius 2 is 2.19 bits per heavy atom. The molecule has 4 N–H and O–H groups in total. The molecule has 0 aliphatic carbocycles. The molecule has 0 aromatic carbocycles. The van der Waals surface area contributed by atoms with Crippen molar-refractivity contribution in [3.8, 4) is 0 Å². The fraction of sp³-hybridized carbons (Fsp3) is 0.250. The predicted octanol–water partition coefficient (Wildman–Crippen LogP) is -0.534. The Morgan fingerprint density at radius 3 is 2.94 bits per heavy atom. The Bertz CT molecular complexity index is 425. The number of nitrogens with two attached hydrogens (primary N) is 1. The van der Waals surface area contributed by atoms with Crippen LogP contribution < -0.4 is 16.6 Å². The van der Waals surface area contributed by atoms with Crippen LogP contribution in [-0.2, 0) is 6.54 Å². The highest BCUT2D eigenvalue weighted by atomic mass is 15.4. The second kappa shape index (κ2) is 5.03. The molecule has 16 heavy (non-hydrogen) atoms. The normalized spacial score (nSPS) is 10.1. The number of hydrogen-bond acceptors (Lipinski definition) is 7. The SMILES string of the molecule is NNc1cc(NCCn2ccnn2)ncn1. The quantitative estimate of drug-likeness (QED) is 0.459. The van der Waals surface area contributed by atoms with Crippen molar-refractivity contribution in [1.82, 2.24) is 25.0 Å². The second-order valence-corrected chi connectivity index (χ2v) is 3.03. The topological polar surface area (TPSA) is 107 Å². The first-order chi connectivity index (χ1) is 7.88. The van der Waals surface area contributed by atoms with Gasteiger partial charge in [-0.1, -0.05) is 5.21 Å². The minimum Gasteiger partial charge on any atom is -0.368 e. The van der Waals surface area contributed by atoms with Gasteiger partial charge in [0.2, 0.25) is 0 Å². The number of hydrazine groups is 1. The lowest BCUT2D eigenvalue weighted by Gasteiger charge is -2.06. The van der Waals surface area contributed by atoms with Crippen molar-refractivity contribution < 1.29 is 0 Å². The van der Waals surface area contributed by atoms with E-state index in [4.69, 9.17) is 5.84 Å². The predicted molar refractivity (Wildman–Crippen MR) is 58.4 cm³/mol. The molecular formula is C8H12N8. The number of nitrogens with zero attached hydrogens (tertiary/aromatic N) is 5. The molecule has 0 amide bonds. The van der Waals surface area contributed by atoms with E-state index in [1.165, 1.54) is 6.33 Å². The average molecular weight is 220 g/mol. The lowest BCUT2D eigenvalue weighted by atomic mass is 10.5. The third kappa shape index (κ3) is 2.64. The number of anilines is 2. The molecule has 0 bridgehead atoms. The molecule has 8 nitrogen and oxygen atoms in total. The monoisotopic (exact) mass is 220 g/mol. The van der Waals surface area contributed by atoms with E-state index < -0.39 is 0 Å². The van der Waals surface area contributed by atoms with E-state index in [2.05, 4.69) is 31.0 Å². The highest BCUT2D eigenvalue weighted by Gasteiger charge is 1.96. The Morgan fingerprint density at radius 1 is 1.31 bits per heavy atom. The lowest BCUT2D eigenvalue weighted by molar-refractivity contribution is 0.608. The van der Waals surface area contributed by atoms with E-state index in [9.17, 15) is 0 Å². The number of aromatic nitrogens is 5. The Labute approximate surface area is 91.9 Å². The van der Waals surface area contributed by atoms with Crippen LogP contribution in [-0.4, -0.2) is 31.5 Å². The molecule has 2 aromatic rings. The van der Waals surface area contributed by atoms with Gasteiger partial charge in [-0.15, -0.1) is 5.10 Å².